The van der Waals surface area contributed by atoms with Crippen LogP contribution in [0.2, 0.25) is 23.2 Å². The number of nitrogens with zero attached hydrogens (tertiary/aromatic N) is 5. The molecule has 0 unspecified atom stereocenters. The molecule has 5 rings (SSSR count). The monoisotopic (exact) mass is 713 g/mol. The molecule has 2 aromatic heterocycles. The summed E-state index contributed by atoms with van der Waals surface area (Å²) in [5.41, 5.74) is 1.41. The summed E-state index contributed by atoms with van der Waals surface area (Å²) in [7, 11) is -1.92. The standard InChI is InChI=1S/C34H45ClFN7O5Si/c1-34(2,3)49(4,5)48-13-12-47-19-29-28(17-27(41-42-29)25-16-23(35)6-7-26(25)36)39-30-18-31(38-20-37-30)40-32(44)22-14-24(15-22)43-10-8-21(9-11-43)33(45)46/h6-7,16-18,20-22,24H,8-15,19H2,1-5H3,(H,45,46)(H2,37,38,39,40,41,44). The summed E-state index contributed by atoms with van der Waals surface area (Å²) < 4.78 is 26.9. The van der Waals surface area contributed by atoms with Crippen LogP contribution in [0.1, 0.15) is 52.1 Å². The second-order valence-corrected chi connectivity index (χ2v) is 19.5. The van der Waals surface area contributed by atoms with E-state index in [1.807, 2.05) is 0 Å². The van der Waals surface area contributed by atoms with Crippen molar-refractivity contribution in [2.24, 2.45) is 11.8 Å². The number of benzene rings is 1. The highest BCUT2D eigenvalue weighted by molar-refractivity contribution is 6.74. The Morgan fingerprint density at radius 2 is 1.76 bits per heavy atom. The van der Waals surface area contributed by atoms with Gasteiger partial charge < -0.3 is 29.8 Å². The highest BCUT2D eigenvalue weighted by Gasteiger charge is 2.40. The lowest BCUT2D eigenvalue weighted by molar-refractivity contribution is -0.143. The zero-order valence-corrected chi connectivity index (χ0v) is 30.4. The van der Waals surface area contributed by atoms with E-state index >= 15 is 0 Å². The smallest absolute Gasteiger partial charge is 0.306 e. The van der Waals surface area contributed by atoms with Gasteiger partial charge in [0.25, 0.3) is 0 Å². The zero-order valence-electron chi connectivity index (χ0n) is 28.6. The maximum absolute atomic E-state index is 14.8. The normalized spacial score (nSPS) is 18.9. The Bertz CT molecular complexity index is 1650. The van der Waals surface area contributed by atoms with Gasteiger partial charge in [-0.3, -0.25) is 9.59 Å². The van der Waals surface area contributed by atoms with Gasteiger partial charge in [0.1, 0.15) is 29.5 Å². The Hall–Kier alpha value is -3.56. The molecule has 1 amide bonds. The highest BCUT2D eigenvalue weighted by Crippen LogP contribution is 2.37. The topological polar surface area (TPSA) is 152 Å². The third-order valence-electron chi connectivity index (χ3n) is 9.87. The number of anilines is 3. The van der Waals surface area contributed by atoms with Crippen LogP contribution in [-0.2, 0) is 25.4 Å². The van der Waals surface area contributed by atoms with Crippen LogP contribution in [0.25, 0.3) is 11.3 Å². The van der Waals surface area contributed by atoms with Crippen molar-refractivity contribution >= 4 is 49.1 Å². The number of carbonyl (C=O) groups excluding carboxylic acids is 1. The van der Waals surface area contributed by atoms with Gasteiger partial charge in [0.05, 0.1) is 37.1 Å². The fourth-order valence-electron chi connectivity index (χ4n) is 5.67. The molecular weight excluding hydrogens is 669 g/mol. The van der Waals surface area contributed by atoms with Crippen molar-refractivity contribution in [2.45, 2.75) is 77.2 Å². The van der Waals surface area contributed by atoms with Crippen molar-refractivity contribution in [3.05, 3.63) is 53.2 Å². The number of aromatic nitrogens is 4. The van der Waals surface area contributed by atoms with Crippen molar-refractivity contribution in [3.63, 3.8) is 0 Å². The van der Waals surface area contributed by atoms with Crippen LogP contribution in [0.5, 0.6) is 0 Å². The van der Waals surface area contributed by atoms with Crippen LogP contribution >= 0.6 is 11.6 Å². The molecule has 264 valence electrons. The third-order valence-corrected chi connectivity index (χ3v) is 14.6. The van der Waals surface area contributed by atoms with E-state index in [4.69, 9.17) is 20.8 Å². The maximum Gasteiger partial charge on any atom is 0.306 e. The quantitative estimate of drug-likeness (QED) is 0.131. The van der Waals surface area contributed by atoms with Gasteiger partial charge in [0, 0.05) is 28.6 Å². The summed E-state index contributed by atoms with van der Waals surface area (Å²) in [5.74, 6) is -1.07. The molecule has 3 N–H and O–H groups in total. The van der Waals surface area contributed by atoms with Gasteiger partial charge in [-0.15, -0.1) is 5.10 Å². The van der Waals surface area contributed by atoms with E-state index < -0.39 is 20.1 Å². The van der Waals surface area contributed by atoms with Crippen molar-refractivity contribution in [2.75, 3.05) is 36.9 Å². The molecule has 1 aliphatic carbocycles. The van der Waals surface area contributed by atoms with Gasteiger partial charge in [-0.05, 0) is 81.2 Å². The second-order valence-electron chi connectivity index (χ2n) is 14.2. The lowest BCUT2D eigenvalue weighted by Crippen LogP contribution is -2.51. The number of ether oxygens (including phenoxy) is 1. The molecule has 3 aromatic rings. The summed E-state index contributed by atoms with van der Waals surface area (Å²) in [6.45, 7) is 13.3. The number of hydrogen-bond acceptors (Lipinski definition) is 10. The minimum Gasteiger partial charge on any atom is -0.481 e. The number of halogens is 2. The van der Waals surface area contributed by atoms with Crippen LogP contribution in [0.4, 0.5) is 21.7 Å². The minimum absolute atomic E-state index is 0.0828. The molecule has 2 aliphatic rings. The molecular formula is C34H45ClFN7O5Si. The molecule has 1 aliphatic heterocycles. The molecule has 15 heteroatoms. The molecule has 0 radical (unpaired) electrons. The minimum atomic E-state index is -1.92. The first kappa shape index (κ1) is 36.7. The fraction of sp³-hybridized carbons (Fsp3) is 0.529. The number of carbonyl (C=O) groups is 2. The number of hydrogen-bond donors (Lipinski definition) is 3. The van der Waals surface area contributed by atoms with Crippen molar-refractivity contribution in [1.29, 1.82) is 0 Å². The Morgan fingerprint density at radius 3 is 2.45 bits per heavy atom. The lowest BCUT2D eigenvalue weighted by Gasteiger charge is -2.44. The van der Waals surface area contributed by atoms with Gasteiger partial charge >= 0.3 is 5.97 Å². The number of piperidine rings is 1. The Morgan fingerprint density at radius 1 is 1.04 bits per heavy atom. The van der Waals surface area contributed by atoms with E-state index in [0.717, 1.165) is 25.9 Å². The molecule has 2 fully saturated rings. The average molecular weight is 714 g/mol. The van der Waals surface area contributed by atoms with E-state index in [1.54, 1.807) is 12.1 Å². The molecule has 0 bridgehead atoms. The average Bonchev–Trinajstić information content (AvgIpc) is 3.02. The molecule has 0 atom stereocenters. The van der Waals surface area contributed by atoms with Crippen LogP contribution in [0.3, 0.4) is 0 Å². The van der Waals surface area contributed by atoms with E-state index in [-0.39, 0.29) is 46.7 Å². The predicted molar refractivity (Wildman–Crippen MR) is 188 cm³/mol. The molecule has 1 saturated carbocycles. The molecule has 12 nitrogen and oxygen atoms in total. The maximum atomic E-state index is 14.8. The first-order valence-corrected chi connectivity index (χ1v) is 19.9. The third kappa shape index (κ3) is 9.37. The van der Waals surface area contributed by atoms with Gasteiger partial charge in [0.15, 0.2) is 8.32 Å². The summed E-state index contributed by atoms with van der Waals surface area (Å²) in [6.07, 6.45) is 4.06. The van der Waals surface area contributed by atoms with Crippen LogP contribution < -0.4 is 10.6 Å². The highest BCUT2D eigenvalue weighted by atomic mass is 35.5. The van der Waals surface area contributed by atoms with Gasteiger partial charge in [-0.2, -0.15) is 5.10 Å². The summed E-state index contributed by atoms with van der Waals surface area (Å²) in [6, 6.07) is 7.77. The van der Waals surface area contributed by atoms with Crippen molar-refractivity contribution < 1.29 is 28.2 Å². The van der Waals surface area contributed by atoms with Crippen molar-refractivity contribution in [1.82, 2.24) is 25.1 Å². The number of carboxylic acid groups (broad SMARTS) is 1. The van der Waals surface area contributed by atoms with E-state index in [9.17, 15) is 19.1 Å². The Labute approximate surface area is 292 Å². The van der Waals surface area contributed by atoms with Crippen LogP contribution in [0, 0.1) is 17.7 Å². The lowest BCUT2D eigenvalue weighted by atomic mass is 9.77. The number of nitrogens with one attached hydrogen (secondary N) is 2. The molecule has 0 spiro atoms. The van der Waals surface area contributed by atoms with Gasteiger partial charge in [0.2, 0.25) is 5.91 Å². The fourth-order valence-corrected chi connectivity index (χ4v) is 6.87. The summed E-state index contributed by atoms with van der Waals surface area (Å²) in [4.78, 5) is 35.2. The molecule has 3 heterocycles. The van der Waals surface area contributed by atoms with E-state index in [0.29, 0.717) is 54.1 Å². The number of amides is 1. The van der Waals surface area contributed by atoms with Gasteiger partial charge in [-0.1, -0.05) is 32.4 Å². The summed E-state index contributed by atoms with van der Waals surface area (Å²) in [5, 5.41) is 24.4. The Balaban J connectivity index is 1.23. The largest absolute Gasteiger partial charge is 0.481 e. The van der Waals surface area contributed by atoms with Crippen LogP contribution in [0.15, 0.2) is 36.7 Å². The van der Waals surface area contributed by atoms with Crippen molar-refractivity contribution in [3.8, 4) is 11.3 Å². The number of likely N-dealkylation sites (tertiary alicyclic amines) is 1. The molecule has 1 aromatic carbocycles. The SMILES string of the molecule is CC(C)(C)[Si](C)(C)OCCOCc1nnc(-c2cc(Cl)ccc2F)cc1Nc1cc(NC(=O)C2CC(N3CCC(C(=O)O)CC3)C2)ncn1. The second kappa shape index (κ2) is 15.5. The first-order valence-electron chi connectivity index (χ1n) is 16.6. The van der Waals surface area contributed by atoms with E-state index in [2.05, 4.69) is 69.6 Å². The predicted octanol–water partition coefficient (Wildman–Crippen LogP) is 6.52. The molecule has 49 heavy (non-hydrogen) atoms. The number of carboxylic acids is 1. The van der Waals surface area contributed by atoms with Gasteiger partial charge in [-0.25, -0.2) is 14.4 Å². The summed E-state index contributed by atoms with van der Waals surface area (Å²) >= 11 is 6.15. The molecule has 1 saturated heterocycles. The zero-order chi connectivity index (χ0) is 35.3. The Kier molecular flexibility index (Phi) is 11.6. The number of rotatable bonds is 13. The first-order chi connectivity index (χ1) is 23.2. The van der Waals surface area contributed by atoms with E-state index in [1.165, 1.54) is 24.5 Å². The van der Waals surface area contributed by atoms with Crippen LogP contribution in [-0.4, -0.2) is 82.7 Å². The number of aliphatic carboxylic acids is 1.